The second-order valence-electron chi connectivity index (χ2n) is 7.61. The van der Waals surface area contributed by atoms with Gasteiger partial charge in [-0.15, -0.1) is 12.3 Å². The highest BCUT2D eigenvalue weighted by Gasteiger charge is 2.39. The van der Waals surface area contributed by atoms with E-state index in [0.29, 0.717) is 56.8 Å². The van der Waals surface area contributed by atoms with Gasteiger partial charge in [0.05, 0.1) is 20.1 Å². The third-order valence-electron chi connectivity index (χ3n) is 5.58. The molecule has 1 atom stereocenters. The average Bonchev–Trinajstić information content (AvgIpc) is 3.43. The van der Waals surface area contributed by atoms with Gasteiger partial charge in [0.2, 0.25) is 11.8 Å². The van der Waals surface area contributed by atoms with Crippen molar-refractivity contribution in [2.24, 2.45) is 16.1 Å². The first-order chi connectivity index (χ1) is 14.5. The van der Waals surface area contributed by atoms with Crippen LogP contribution in [0.5, 0.6) is 11.5 Å². The number of carbonyl (C=O) groups excluding carboxylic acids is 2. The monoisotopic (exact) mass is 412 g/mol. The van der Waals surface area contributed by atoms with Crippen molar-refractivity contribution in [3.63, 3.8) is 0 Å². The van der Waals surface area contributed by atoms with Crippen LogP contribution in [-0.4, -0.2) is 56.2 Å². The van der Waals surface area contributed by atoms with E-state index >= 15 is 0 Å². The number of nitrogens with zero attached hydrogens (tertiary/aromatic N) is 3. The van der Waals surface area contributed by atoms with Gasteiger partial charge in [0.25, 0.3) is 0 Å². The first-order valence-corrected chi connectivity index (χ1v) is 10.1. The third-order valence-corrected chi connectivity index (χ3v) is 5.58. The summed E-state index contributed by atoms with van der Waals surface area (Å²) in [5.41, 5.74) is 0.638. The Balaban J connectivity index is 1.43. The van der Waals surface area contributed by atoms with Gasteiger partial charge in [-0.3, -0.25) is 9.59 Å². The van der Waals surface area contributed by atoms with Gasteiger partial charge >= 0.3 is 0 Å². The molecular formula is C22H28N4O4. The number of likely N-dealkylation sites (tertiary alicyclic amines) is 1. The van der Waals surface area contributed by atoms with E-state index in [2.05, 4.69) is 21.5 Å². The molecule has 3 rings (SSSR count). The molecule has 1 unspecified atom stereocenters. The SMILES string of the molecule is C#CCCC1(CCNC(=O)C2CC(=O)N(CCc3ccc(OC)c(OC)c3)C2)N=N1. The molecule has 160 valence electrons. The molecule has 2 amide bonds. The smallest absolute Gasteiger partial charge is 0.225 e. The Morgan fingerprint density at radius 3 is 2.73 bits per heavy atom. The minimum atomic E-state index is -0.406. The molecule has 8 heteroatoms. The van der Waals surface area contributed by atoms with Crippen molar-refractivity contribution in [1.29, 1.82) is 0 Å². The summed E-state index contributed by atoms with van der Waals surface area (Å²) in [4.78, 5) is 26.6. The van der Waals surface area contributed by atoms with Gasteiger partial charge in [0.15, 0.2) is 17.2 Å². The maximum Gasteiger partial charge on any atom is 0.225 e. The molecule has 1 N–H and O–H groups in total. The van der Waals surface area contributed by atoms with Crippen LogP contribution in [0.4, 0.5) is 0 Å². The molecule has 8 nitrogen and oxygen atoms in total. The third kappa shape index (κ3) is 5.29. The summed E-state index contributed by atoms with van der Waals surface area (Å²) in [6, 6.07) is 5.72. The Morgan fingerprint density at radius 1 is 1.30 bits per heavy atom. The zero-order valence-electron chi connectivity index (χ0n) is 17.5. The molecule has 1 aromatic rings. The predicted octanol–water partition coefficient (Wildman–Crippen LogP) is 2.18. The van der Waals surface area contributed by atoms with Crippen molar-refractivity contribution in [3.05, 3.63) is 23.8 Å². The fourth-order valence-corrected chi connectivity index (χ4v) is 3.66. The fourth-order valence-electron chi connectivity index (χ4n) is 3.66. The number of amides is 2. The summed E-state index contributed by atoms with van der Waals surface area (Å²) in [6.07, 6.45) is 8.19. The van der Waals surface area contributed by atoms with E-state index in [9.17, 15) is 9.59 Å². The van der Waals surface area contributed by atoms with Crippen LogP contribution in [0.15, 0.2) is 28.4 Å². The van der Waals surface area contributed by atoms with Crippen molar-refractivity contribution in [1.82, 2.24) is 10.2 Å². The maximum atomic E-state index is 12.5. The fraction of sp³-hybridized carbons (Fsp3) is 0.545. The largest absolute Gasteiger partial charge is 0.493 e. The molecule has 2 heterocycles. The molecule has 1 fully saturated rings. The van der Waals surface area contributed by atoms with E-state index < -0.39 is 5.66 Å². The number of benzene rings is 1. The van der Waals surface area contributed by atoms with Crippen LogP contribution in [0.25, 0.3) is 0 Å². The van der Waals surface area contributed by atoms with E-state index in [-0.39, 0.29) is 24.2 Å². The number of carbonyl (C=O) groups is 2. The Labute approximate surface area is 177 Å². The molecule has 0 saturated carbocycles. The van der Waals surface area contributed by atoms with Gasteiger partial charge in [0, 0.05) is 45.3 Å². The molecule has 1 aromatic carbocycles. The zero-order valence-corrected chi connectivity index (χ0v) is 17.5. The van der Waals surface area contributed by atoms with Crippen molar-refractivity contribution in [2.75, 3.05) is 33.9 Å². The predicted molar refractivity (Wildman–Crippen MR) is 111 cm³/mol. The van der Waals surface area contributed by atoms with Crippen molar-refractivity contribution >= 4 is 11.8 Å². The van der Waals surface area contributed by atoms with Crippen LogP contribution < -0.4 is 14.8 Å². The number of hydrogen-bond donors (Lipinski definition) is 1. The Bertz CT molecular complexity index is 855. The molecule has 0 radical (unpaired) electrons. The number of terminal acetylenes is 1. The number of methoxy groups -OCH3 is 2. The summed E-state index contributed by atoms with van der Waals surface area (Å²) in [5, 5.41) is 11.1. The van der Waals surface area contributed by atoms with Gasteiger partial charge in [-0.25, -0.2) is 0 Å². The number of rotatable bonds is 11. The van der Waals surface area contributed by atoms with Gasteiger partial charge in [0.1, 0.15) is 0 Å². The molecule has 0 bridgehead atoms. The lowest BCUT2D eigenvalue weighted by Crippen LogP contribution is -2.35. The van der Waals surface area contributed by atoms with Crippen LogP contribution >= 0.6 is 0 Å². The molecule has 2 aliphatic heterocycles. The topological polar surface area (TPSA) is 92.6 Å². The summed E-state index contributed by atoms with van der Waals surface area (Å²) in [5.74, 6) is 3.51. The molecule has 0 aliphatic carbocycles. The molecular weight excluding hydrogens is 384 g/mol. The standard InChI is InChI=1S/C22H28N4O4/c1-4-5-9-22(24-25-22)10-11-23-21(28)17-14-20(27)26(15-17)12-8-16-6-7-18(29-2)19(13-16)30-3/h1,6-7,13,17H,5,8-12,14-15H2,2-3H3,(H,23,28). The first-order valence-electron chi connectivity index (χ1n) is 10.1. The van der Waals surface area contributed by atoms with E-state index in [1.165, 1.54) is 0 Å². The highest BCUT2D eigenvalue weighted by molar-refractivity contribution is 5.89. The van der Waals surface area contributed by atoms with Crippen molar-refractivity contribution in [3.8, 4) is 23.8 Å². The van der Waals surface area contributed by atoms with Crippen molar-refractivity contribution < 1.29 is 19.1 Å². The van der Waals surface area contributed by atoms with Gasteiger partial charge in [-0.2, -0.15) is 10.2 Å². The van der Waals surface area contributed by atoms with Crippen LogP contribution in [0.3, 0.4) is 0 Å². The second-order valence-corrected chi connectivity index (χ2v) is 7.61. The van der Waals surface area contributed by atoms with Gasteiger partial charge in [-0.1, -0.05) is 6.07 Å². The summed E-state index contributed by atoms with van der Waals surface area (Å²) < 4.78 is 10.6. The summed E-state index contributed by atoms with van der Waals surface area (Å²) in [6.45, 7) is 1.48. The van der Waals surface area contributed by atoms with Crippen LogP contribution in [0, 0.1) is 18.3 Å². The number of hydrogen-bond acceptors (Lipinski definition) is 6. The van der Waals surface area contributed by atoms with E-state index in [1.54, 1.807) is 19.1 Å². The zero-order chi connectivity index (χ0) is 21.6. The first kappa shape index (κ1) is 21.6. The normalized spacial score (nSPS) is 18.8. The minimum Gasteiger partial charge on any atom is -0.493 e. The van der Waals surface area contributed by atoms with Gasteiger partial charge in [-0.05, 0) is 24.1 Å². The highest BCUT2D eigenvalue weighted by Crippen LogP contribution is 2.36. The molecule has 0 aromatic heterocycles. The average molecular weight is 412 g/mol. The van der Waals surface area contributed by atoms with E-state index in [0.717, 1.165) is 5.56 Å². The molecule has 2 aliphatic rings. The lowest BCUT2D eigenvalue weighted by Gasteiger charge is -2.17. The van der Waals surface area contributed by atoms with Crippen LogP contribution in [-0.2, 0) is 16.0 Å². The quantitative estimate of drug-likeness (QED) is 0.564. The Morgan fingerprint density at radius 2 is 2.07 bits per heavy atom. The second kappa shape index (κ2) is 9.61. The van der Waals surface area contributed by atoms with Gasteiger partial charge < -0.3 is 19.7 Å². The lowest BCUT2D eigenvalue weighted by molar-refractivity contribution is -0.129. The lowest BCUT2D eigenvalue weighted by atomic mass is 10.0. The Hall–Kier alpha value is -3.08. The minimum absolute atomic E-state index is 0.00769. The molecule has 0 spiro atoms. The van der Waals surface area contributed by atoms with Crippen LogP contribution in [0.2, 0.25) is 0 Å². The van der Waals surface area contributed by atoms with E-state index in [1.807, 2.05) is 18.2 Å². The molecule has 1 saturated heterocycles. The maximum absolute atomic E-state index is 12.5. The highest BCUT2D eigenvalue weighted by atomic mass is 16.5. The summed E-state index contributed by atoms with van der Waals surface area (Å²) in [7, 11) is 3.19. The van der Waals surface area contributed by atoms with Crippen LogP contribution in [0.1, 0.15) is 31.2 Å². The molecule has 30 heavy (non-hydrogen) atoms. The van der Waals surface area contributed by atoms with Crippen molar-refractivity contribution in [2.45, 2.75) is 37.8 Å². The Kier molecular flexibility index (Phi) is 6.93. The number of ether oxygens (including phenoxy) is 2. The van der Waals surface area contributed by atoms with E-state index in [4.69, 9.17) is 15.9 Å². The number of nitrogens with one attached hydrogen (secondary N) is 1. The summed E-state index contributed by atoms with van der Waals surface area (Å²) >= 11 is 0.